The van der Waals surface area contributed by atoms with Crippen molar-refractivity contribution in [3.8, 4) is 11.6 Å². The quantitative estimate of drug-likeness (QED) is 0.449. The first kappa shape index (κ1) is 14.5. The van der Waals surface area contributed by atoms with Gasteiger partial charge in [-0.3, -0.25) is 0 Å². The van der Waals surface area contributed by atoms with Crippen LogP contribution in [0.5, 0.6) is 0 Å². The van der Waals surface area contributed by atoms with E-state index >= 15 is 0 Å². The number of fused-ring (bicyclic) bond motifs is 3. The van der Waals surface area contributed by atoms with E-state index in [4.69, 9.17) is 16.6 Å². The third-order valence-corrected chi connectivity index (χ3v) is 5.35. The van der Waals surface area contributed by atoms with Crippen LogP contribution in [0.25, 0.3) is 27.6 Å². The van der Waals surface area contributed by atoms with Crippen LogP contribution in [0.4, 0.5) is 0 Å². The van der Waals surface area contributed by atoms with Crippen LogP contribution in [-0.4, -0.2) is 24.1 Å². The smallest absolute Gasteiger partial charge is 0.218 e. The first-order chi connectivity index (χ1) is 12.3. The van der Waals surface area contributed by atoms with E-state index in [2.05, 4.69) is 27.2 Å². The molecule has 0 N–H and O–H groups in total. The Hall–Kier alpha value is -2.84. The van der Waals surface area contributed by atoms with Gasteiger partial charge in [-0.15, -0.1) is 5.10 Å². The van der Waals surface area contributed by atoms with Crippen LogP contribution < -0.4 is 0 Å². The zero-order valence-corrected chi connectivity index (χ0v) is 14.5. The van der Waals surface area contributed by atoms with Crippen molar-refractivity contribution >= 4 is 39.5 Å². The fourth-order valence-corrected chi connectivity index (χ4v) is 4.08. The summed E-state index contributed by atoms with van der Waals surface area (Å²) in [6, 6.07) is 13.9. The predicted molar refractivity (Wildman–Crippen MR) is 98.2 cm³/mol. The van der Waals surface area contributed by atoms with E-state index in [0.29, 0.717) is 18.1 Å². The van der Waals surface area contributed by atoms with Crippen molar-refractivity contribution in [2.45, 2.75) is 6.54 Å². The van der Waals surface area contributed by atoms with E-state index in [1.54, 1.807) is 17.1 Å². The van der Waals surface area contributed by atoms with Crippen molar-refractivity contribution < 1.29 is 4.42 Å². The summed E-state index contributed by atoms with van der Waals surface area (Å²) in [5.74, 6) is 1.16. The highest BCUT2D eigenvalue weighted by Crippen LogP contribution is 2.27. The Morgan fingerprint density at radius 2 is 1.96 bits per heavy atom. The van der Waals surface area contributed by atoms with Crippen molar-refractivity contribution in [1.29, 1.82) is 0 Å². The van der Waals surface area contributed by atoms with Gasteiger partial charge in [-0.25, -0.2) is 14.5 Å². The van der Waals surface area contributed by atoms with Crippen molar-refractivity contribution in [3.05, 3.63) is 64.6 Å². The van der Waals surface area contributed by atoms with Gasteiger partial charge in [0.15, 0.2) is 21.0 Å². The van der Waals surface area contributed by atoms with Crippen LogP contribution in [0, 0.1) is 3.95 Å². The van der Waals surface area contributed by atoms with Crippen molar-refractivity contribution in [1.82, 2.24) is 24.1 Å². The third kappa shape index (κ3) is 2.38. The Labute approximate surface area is 151 Å². The molecule has 1 aromatic carbocycles. The molecular formula is C17H11N5OS2. The molecule has 0 saturated carbocycles. The van der Waals surface area contributed by atoms with Gasteiger partial charge in [0.2, 0.25) is 5.82 Å². The van der Waals surface area contributed by atoms with Gasteiger partial charge in [0, 0.05) is 0 Å². The van der Waals surface area contributed by atoms with Crippen LogP contribution in [0.1, 0.15) is 5.56 Å². The number of benzene rings is 1. The van der Waals surface area contributed by atoms with Gasteiger partial charge < -0.3 is 8.98 Å². The fourth-order valence-electron chi connectivity index (χ4n) is 2.75. The Balaban J connectivity index is 1.70. The molecule has 6 nitrogen and oxygen atoms in total. The average molecular weight is 365 g/mol. The molecule has 8 heteroatoms. The van der Waals surface area contributed by atoms with Crippen LogP contribution >= 0.6 is 23.6 Å². The molecule has 0 unspecified atom stereocenters. The molecule has 0 radical (unpaired) electrons. The normalized spacial score (nSPS) is 11.5. The summed E-state index contributed by atoms with van der Waals surface area (Å²) in [6.07, 6.45) is 3.27. The zero-order valence-electron chi connectivity index (χ0n) is 12.9. The fraction of sp³-hybridized carbons (Fsp3) is 0.0588. The minimum Gasteiger partial charge on any atom is -0.461 e. The SMILES string of the molecule is S=c1sc2c(ncn3nc(-c4ccco4)nc23)n1Cc1ccccc1. The molecule has 0 aliphatic heterocycles. The van der Waals surface area contributed by atoms with Gasteiger partial charge in [0.05, 0.1) is 12.8 Å². The van der Waals surface area contributed by atoms with E-state index in [9.17, 15) is 0 Å². The number of hydrogen-bond donors (Lipinski definition) is 0. The van der Waals surface area contributed by atoms with Gasteiger partial charge >= 0.3 is 0 Å². The summed E-state index contributed by atoms with van der Waals surface area (Å²) in [5, 5.41) is 4.44. The highest BCUT2D eigenvalue weighted by Gasteiger charge is 2.16. The topological polar surface area (TPSA) is 61.1 Å². The Kier molecular flexibility index (Phi) is 3.25. The molecule has 4 heterocycles. The first-order valence-corrected chi connectivity index (χ1v) is 8.84. The molecule has 5 aromatic rings. The summed E-state index contributed by atoms with van der Waals surface area (Å²) in [7, 11) is 0. The maximum Gasteiger partial charge on any atom is 0.218 e. The monoisotopic (exact) mass is 365 g/mol. The highest BCUT2D eigenvalue weighted by atomic mass is 32.1. The molecular weight excluding hydrogens is 354 g/mol. The van der Waals surface area contributed by atoms with Gasteiger partial charge in [-0.1, -0.05) is 41.7 Å². The Morgan fingerprint density at radius 1 is 1.08 bits per heavy atom. The summed E-state index contributed by atoms with van der Waals surface area (Å²) in [5.41, 5.74) is 2.74. The molecule has 0 aliphatic rings. The van der Waals surface area contributed by atoms with Crippen LogP contribution in [0.3, 0.4) is 0 Å². The van der Waals surface area contributed by atoms with Gasteiger partial charge in [-0.05, 0) is 29.9 Å². The van der Waals surface area contributed by atoms with Crippen molar-refractivity contribution in [2.75, 3.05) is 0 Å². The van der Waals surface area contributed by atoms with Crippen LogP contribution in [-0.2, 0) is 6.54 Å². The van der Waals surface area contributed by atoms with Crippen molar-refractivity contribution in [2.24, 2.45) is 0 Å². The van der Waals surface area contributed by atoms with Crippen molar-refractivity contribution in [3.63, 3.8) is 0 Å². The summed E-state index contributed by atoms with van der Waals surface area (Å²) < 4.78 is 10.8. The maximum atomic E-state index is 5.57. The van der Waals surface area contributed by atoms with Gasteiger partial charge in [0.25, 0.3) is 0 Å². The lowest BCUT2D eigenvalue weighted by molar-refractivity contribution is 0.577. The molecule has 0 atom stereocenters. The second kappa shape index (κ2) is 5.61. The minimum absolute atomic E-state index is 0.535. The molecule has 0 saturated heterocycles. The highest BCUT2D eigenvalue weighted by molar-refractivity contribution is 7.73. The standard InChI is InChI=1S/C17H11N5OS2/c24-17-21(9-11-5-2-1-3-6-11)15-13(25-17)16-19-14(12-7-4-8-23-12)20-22(16)10-18-15/h1-8,10H,9H2. The summed E-state index contributed by atoms with van der Waals surface area (Å²) in [4.78, 5) is 9.17. The predicted octanol–water partition coefficient (Wildman–Crippen LogP) is 4.18. The number of furan rings is 1. The molecule has 0 amide bonds. The van der Waals surface area contributed by atoms with E-state index in [1.807, 2.05) is 34.9 Å². The number of nitrogens with zero attached hydrogens (tertiary/aromatic N) is 5. The number of hydrogen-bond acceptors (Lipinski definition) is 6. The lowest BCUT2D eigenvalue weighted by atomic mass is 10.2. The maximum absolute atomic E-state index is 5.57. The molecule has 0 fully saturated rings. The molecule has 5 rings (SSSR count). The van der Waals surface area contributed by atoms with Crippen LogP contribution in [0.2, 0.25) is 0 Å². The molecule has 0 aliphatic carbocycles. The van der Waals surface area contributed by atoms with E-state index in [0.717, 1.165) is 19.9 Å². The first-order valence-electron chi connectivity index (χ1n) is 7.62. The zero-order chi connectivity index (χ0) is 16.8. The number of aromatic nitrogens is 5. The van der Waals surface area contributed by atoms with Gasteiger partial charge in [0.1, 0.15) is 11.0 Å². The molecule has 25 heavy (non-hydrogen) atoms. The third-order valence-electron chi connectivity index (χ3n) is 3.92. The van der Waals surface area contributed by atoms with Crippen LogP contribution in [0.15, 0.2) is 59.5 Å². The number of rotatable bonds is 3. The largest absolute Gasteiger partial charge is 0.461 e. The summed E-state index contributed by atoms with van der Waals surface area (Å²) in [6.45, 7) is 0.683. The second-order valence-electron chi connectivity index (χ2n) is 5.52. The lowest BCUT2D eigenvalue weighted by Crippen LogP contribution is -2.01. The molecule has 4 aromatic heterocycles. The molecule has 122 valence electrons. The van der Waals surface area contributed by atoms with Gasteiger partial charge in [-0.2, -0.15) is 0 Å². The Morgan fingerprint density at radius 3 is 2.76 bits per heavy atom. The van der Waals surface area contributed by atoms with E-state index < -0.39 is 0 Å². The Bertz CT molecular complexity index is 1240. The summed E-state index contributed by atoms with van der Waals surface area (Å²) >= 11 is 7.07. The minimum atomic E-state index is 0.535. The molecule has 0 bridgehead atoms. The number of thiazole rings is 1. The average Bonchev–Trinajstić information content (AvgIpc) is 3.34. The molecule has 0 spiro atoms. The van der Waals surface area contributed by atoms with E-state index in [1.165, 1.54) is 16.9 Å². The van der Waals surface area contributed by atoms with E-state index in [-0.39, 0.29) is 0 Å². The second-order valence-corrected chi connectivity index (χ2v) is 7.16. The lowest BCUT2D eigenvalue weighted by Gasteiger charge is -2.04.